The van der Waals surface area contributed by atoms with Gasteiger partial charge in [0.05, 0.1) is 23.7 Å². The second-order valence-electron chi connectivity index (χ2n) is 7.98. The van der Waals surface area contributed by atoms with Gasteiger partial charge in [0.1, 0.15) is 5.82 Å². The molecule has 0 spiro atoms. The predicted octanol–water partition coefficient (Wildman–Crippen LogP) is 3.72. The summed E-state index contributed by atoms with van der Waals surface area (Å²) in [7, 11) is 2.92. The topological polar surface area (TPSA) is 102 Å². The molecule has 0 bridgehead atoms. The summed E-state index contributed by atoms with van der Waals surface area (Å²) in [6, 6.07) is 18.3. The van der Waals surface area contributed by atoms with Gasteiger partial charge < -0.3 is 15.4 Å². The van der Waals surface area contributed by atoms with E-state index in [4.69, 9.17) is 9.72 Å². The van der Waals surface area contributed by atoms with Crippen LogP contribution in [0.3, 0.4) is 0 Å². The number of hydrogen-bond acceptors (Lipinski definition) is 5. The summed E-state index contributed by atoms with van der Waals surface area (Å²) < 4.78 is 6.96. The number of nitrogens with zero attached hydrogens (tertiary/aromatic N) is 2. The van der Waals surface area contributed by atoms with Crippen LogP contribution in [0.1, 0.15) is 32.7 Å². The minimum Gasteiger partial charge on any atom is -0.465 e. The van der Waals surface area contributed by atoms with E-state index in [2.05, 4.69) is 10.6 Å². The number of benzene rings is 3. The fraction of sp³-hybridized carbons (Fsp3) is 0.154. The molecule has 5 rings (SSSR count). The van der Waals surface area contributed by atoms with Crippen molar-refractivity contribution in [2.75, 3.05) is 19.5 Å². The number of methoxy groups -OCH3 is 1. The van der Waals surface area contributed by atoms with E-state index < -0.39 is 5.97 Å². The zero-order chi connectivity index (χ0) is 23.8. The molecule has 1 aromatic heterocycles. The van der Waals surface area contributed by atoms with E-state index in [9.17, 15) is 14.4 Å². The van der Waals surface area contributed by atoms with Crippen LogP contribution in [0.2, 0.25) is 0 Å². The van der Waals surface area contributed by atoms with Crippen molar-refractivity contribution >= 4 is 34.5 Å². The number of rotatable bonds is 4. The molecule has 1 aliphatic rings. The minimum absolute atomic E-state index is 0.00255. The zero-order valence-corrected chi connectivity index (χ0v) is 18.7. The Labute approximate surface area is 195 Å². The zero-order valence-electron chi connectivity index (χ0n) is 18.7. The molecule has 4 aromatic rings. The van der Waals surface area contributed by atoms with E-state index in [-0.39, 0.29) is 11.8 Å². The molecule has 2 amide bonds. The number of ether oxygens (including phenoxy) is 1. The van der Waals surface area contributed by atoms with Crippen molar-refractivity contribution in [1.29, 1.82) is 0 Å². The van der Waals surface area contributed by atoms with Crippen LogP contribution in [0.5, 0.6) is 0 Å². The largest absolute Gasteiger partial charge is 0.465 e. The molecule has 1 aliphatic heterocycles. The number of carbonyl (C=O) groups is 3. The van der Waals surface area contributed by atoms with Gasteiger partial charge in [-0.1, -0.05) is 18.2 Å². The van der Waals surface area contributed by atoms with Gasteiger partial charge in [0, 0.05) is 36.0 Å². The first kappa shape index (κ1) is 21.4. The molecule has 34 heavy (non-hydrogen) atoms. The average Bonchev–Trinajstić information content (AvgIpc) is 3.26. The van der Waals surface area contributed by atoms with Crippen molar-refractivity contribution in [2.24, 2.45) is 0 Å². The third-order valence-electron chi connectivity index (χ3n) is 5.96. The highest BCUT2D eigenvalue weighted by atomic mass is 16.5. The van der Waals surface area contributed by atoms with Gasteiger partial charge in [0.15, 0.2) is 0 Å². The summed E-state index contributed by atoms with van der Waals surface area (Å²) in [4.78, 5) is 41.4. The fourth-order valence-corrected chi connectivity index (χ4v) is 4.28. The second kappa shape index (κ2) is 8.47. The lowest BCUT2D eigenvalue weighted by Crippen LogP contribution is -2.19. The van der Waals surface area contributed by atoms with Gasteiger partial charge in [-0.15, -0.1) is 0 Å². The molecule has 2 N–H and O–H groups in total. The summed E-state index contributed by atoms with van der Waals surface area (Å²) in [5.74, 6) is -0.126. The number of aryl methyl sites for hydroxylation is 1. The van der Waals surface area contributed by atoms with Crippen LogP contribution in [0, 0.1) is 0 Å². The molecule has 0 saturated carbocycles. The van der Waals surface area contributed by atoms with Crippen molar-refractivity contribution in [1.82, 2.24) is 14.9 Å². The Morgan fingerprint density at radius 1 is 1.06 bits per heavy atom. The first-order valence-electron chi connectivity index (χ1n) is 10.9. The lowest BCUT2D eigenvalue weighted by Gasteiger charge is -2.19. The number of hydrogen-bond donors (Lipinski definition) is 2. The molecular weight excluding hydrogens is 432 g/mol. The standard InChI is InChI=1S/C26H22N4O4/c1-27-25(32)16-7-11-22-21(14-16)29-24(18-5-3-4-6-19(18)26(33)34-2)30(22)17-9-10-20-15(13-17)8-12-23(31)28-20/h3-7,9-11,13-14H,8,12H2,1-2H3,(H,27,32)(H,28,31). The third kappa shape index (κ3) is 3.59. The lowest BCUT2D eigenvalue weighted by molar-refractivity contribution is -0.116. The van der Waals surface area contributed by atoms with Crippen molar-refractivity contribution < 1.29 is 19.1 Å². The summed E-state index contributed by atoms with van der Waals surface area (Å²) in [5.41, 5.74) is 5.52. The van der Waals surface area contributed by atoms with Gasteiger partial charge in [-0.3, -0.25) is 14.2 Å². The summed E-state index contributed by atoms with van der Waals surface area (Å²) in [5, 5.41) is 5.54. The van der Waals surface area contributed by atoms with E-state index in [1.54, 1.807) is 31.3 Å². The number of fused-ring (bicyclic) bond motifs is 2. The molecule has 2 heterocycles. The maximum absolute atomic E-state index is 12.5. The van der Waals surface area contributed by atoms with E-state index in [1.165, 1.54) is 7.11 Å². The van der Waals surface area contributed by atoms with Crippen molar-refractivity contribution in [3.8, 4) is 17.1 Å². The van der Waals surface area contributed by atoms with E-state index in [0.29, 0.717) is 40.9 Å². The number of carbonyl (C=O) groups excluding carboxylic acids is 3. The Balaban J connectivity index is 1.77. The SMILES string of the molecule is CNC(=O)c1ccc2c(c1)nc(-c1ccccc1C(=O)OC)n2-c1ccc2c(c1)CCC(=O)N2. The first-order chi connectivity index (χ1) is 16.5. The highest BCUT2D eigenvalue weighted by Gasteiger charge is 2.22. The van der Waals surface area contributed by atoms with Gasteiger partial charge in [-0.2, -0.15) is 0 Å². The lowest BCUT2D eigenvalue weighted by atomic mass is 10.0. The summed E-state index contributed by atoms with van der Waals surface area (Å²) in [6.07, 6.45) is 1.06. The predicted molar refractivity (Wildman–Crippen MR) is 128 cm³/mol. The number of imidazole rings is 1. The van der Waals surface area contributed by atoms with Gasteiger partial charge in [-0.05, 0) is 54.4 Å². The summed E-state index contributed by atoms with van der Waals surface area (Å²) in [6.45, 7) is 0. The number of amides is 2. The quantitative estimate of drug-likeness (QED) is 0.458. The van der Waals surface area contributed by atoms with Gasteiger partial charge in [0.25, 0.3) is 5.91 Å². The van der Waals surface area contributed by atoms with Crippen molar-refractivity contribution in [3.05, 3.63) is 77.4 Å². The Morgan fingerprint density at radius 2 is 1.88 bits per heavy atom. The van der Waals surface area contributed by atoms with E-state index in [0.717, 1.165) is 22.5 Å². The minimum atomic E-state index is -0.464. The van der Waals surface area contributed by atoms with Gasteiger partial charge in [-0.25, -0.2) is 9.78 Å². The highest BCUT2D eigenvalue weighted by Crippen LogP contribution is 2.33. The van der Waals surface area contributed by atoms with Crippen LogP contribution in [0.15, 0.2) is 60.7 Å². The summed E-state index contributed by atoms with van der Waals surface area (Å²) >= 11 is 0. The Hall–Kier alpha value is -4.46. The Bertz CT molecular complexity index is 1470. The fourth-order valence-electron chi connectivity index (χ4n) is 4.28. The van der Waals surface area contributed by atoms with Crippen LogP contribution in [-0.2, 0) is 16.0 Å². The molecule has 0 fully saturated rings. The molecule has 0 saturated heterocycles. The average molecular weight is 454 g/mol. The Kier molecular flexibility index (Phi) is 5.33. The number of nitrogens with one attached hydrogen (secondary N) is 2. The van der Waals surface area contributed by atoms with Crippen LogP contribution in [0.25, 0.3) is 28.1 Å². The molecule has 170 valence electrons. The monoisotopic (exact) mass is 454 g/mol. The van der Waals surface area contributed by atoms with Crippen molar-refractivity contribution in [3.63, 3.8) is 0 Å². The van der Waals surface area contributed by atoms with Crippen molar-refractivity contribution in [2.45, 2.75) is 12.8 Å². The molecule has 0 radical (unpaired) electrons. The van der Waals surface area contributed by atoms with E-state index in [1.807, 2.05) is 41.0 Å². The van der Waals surface area contributed by atoms with E-state index >= 15 is 0 Å². The maximum Gasteiger partial charge on any atom is 0.338 e. The first-order valence-corrected chi connectivity index (χ1v) is 10.9. The molecule has 0 aliphatic carbocycles. The number of aromatic nitrogens is 2. The molecule has 8 heteroatoms. The molecule has 0 atom stereocenters. The molecule has 8 nitrogen and oxygen atoms in total. The number of anilines is 1. The molecule has 0 unspecified atom stereocenters. The normalized spacial score (nSPS) is 12.7. The molecule has 3 aromatic carbocycles. The van der Waals surface area contributed by atoms with Crippen LogP contribution >= 0.6 is 0 Å². The van der Waals surface area contributed by atoms with Gasteiger partial charge >= 0.3 is 5.97 Å². The van der Waals surface area contributed by atoms with Crippen LogP contribution in [-0.4, -0.2) is 41.5 Å². The van der Waals surface area contributed by atoms with Crippen LogP contribution < -0.4 is 10.6 Å². The third-order valence-corrected chi connectivity index (χ3v) is 5.96. The second-order valence-corrected chi connectivity index (χ2v) is 7.98. The number of esters is 1. The smallest absolute Gasteiger partial charge is 0.338 e. The highest BCUT2D eigenvalue weighted by molar-refractivity contribution is 6.00. The van der Waals surface area contributed by atoms with Crippen LogP contribution in [0.4, 0.5) is 5.69 Å². The maximum atomic E-state index is 12.5. The molecular formula is C26H22N4O4. The Morgan fingerprint density at radius 3 is 2.68 bits per heavy atom. The van der Waals surface area contributed by atoms with Gasteiger partial charge in [0.2, 0.25) is 5.91 Å².